The Morgan fingerprint density at radius 3 is 2.44 bits per heavy atom. The third kappa shape index (κ3) is 5.90. The van der Waals surface area contributed by atoms with Crippen LogP contribution in [-0.4, -0.2) is 11.3 Å². The molecule has 0 heterocycles. The SMILES string of the molecule is Fc1ccc(NC(=S)N/N=C\c2ccccc2OCc2ccccc2)cc1. The number of nitrogens with zero attached hydrogens (tertiary/aromatic N) is 1. The van der Waals surface area contributed by atoms with Gasteiger partial charge in [-0.1, -0.05) is 42.5 Å². The summed E-state index contributed by atoms with van der Waals surface area (Å²) in [4.78, 5) is 0. The van der Waals surface area contributed by atoms with Gasteiger partial charge < -0.3 is 10.1 Å². The zero-order chi connectivity index (χ0) is 18.9. The van der Waals surface area contributed by atoms with Crippen LogP contribution in [0.2, 0.25) is 0 Å². The number of rotatable bonds is 6. The Morgan fingerprint density at radius 2 is 1.67 bits per heavy atom. The molecule has 0 unspecified atom stereocenters. The molecule has 0 aliphatic rings. The van der Waals surface area contributed by atoms with E-state index in [9.17, 15) is 4.39 Å². The van der Waals surface area contributed by atoms with Crippen molar-refractivity contribution in [2.45, 2.75) is 6.61 Å². The fraction of sp³-hybridized carbons (Fsp3) is 0.0476. The summed E-state index contributed by atoms with van der Waals surface area (Å²) in [6, 6.07) is 23.5. The molecule has 2 N–H and O–H groups in total. The maximum Gasteiger partial charge on any atom is 0.191 e. The zero-order valence-electron chi connectivity index (χ0n) is 14.4. The van der Waals surface area contributed by atoms with Crippen LogP contribution in [0.25, 0.3) is 0 Å². The van der Waals surface area contributed by atoms with E-state index in [1.54, 1.807) is 18.3 Å². The standard InChI is InChI=1S/C21H18FN3OS/c22-18-10-12-19(13-11-18)24-21(27)25-23-14-17-8-4-5-9-20(17)26-15-16-6-2-1-3-7-16/h1-14H,15H2,(H2,24,25,27)/b23-14-. The largest absolute Gasteiger partial charge is 0.488 e. The summed E-state index contributed by atoms with van der Waals surface area (Å²) in [6.07, 6.45) is 1.64. The molecule has 6 heteroatoms. The molecule has 0 saturated carbocycles. The number of benzene rings is 3. The van der Waals surface area contributed by atoms with Gasteiger partial charge in [0.1, 0.15) is 18.2 Å². The van der Waals surface area contributed by atoms with Crippen molar-refractivity contribution in [2.24, 2.45) is 5.10 Å². The van der Waals surface area contributed by atoms with E-state index in [0.717, 1.165) is 16.9 Å². The van der Waals surface area contributed by atoms with Crippen molar-refractivity contribution < 1.29 is 9.13 Å². The van der Waals surface area contributed by atoms with E-state index in [1.165, 1.54) is 12.1 Å². The first-order chi connectivity index (χ1) is 13.2. The van der Waals surface area contributed by atoms with Crippen LogP contribution in [0.5, 0.6) is 5.75 Å². The molecule has 0 fully saturated rings. The van der Waals surface area contributed by atoms with Gasteiger partial charge in [0.25, 0.3) is 0 Å². The smallest absolute Gasteiger partial charge is 0.191 e. The highest BCUT2D eigenvalue weighted by Gasteiger charge is 2.02. The minimum atomic E-state index is -0.301. The van der Waals surface area contributed by atoms with Gasteiger partial charge in [0, 0.05) is 11.3 Å². The fourth-order valence-electron chi connectivity index (χ4n) is 2.31. The van der Waals surface area contributed by atoms with E-state index < -0.39 is 0 Å². The second-order valence-corrected chi connectivity index (χ2v) is 6.05. The second kappa shape index (κ2) is 9.45. The number of nitrogens with one attached hydrogen (secondary N) is 2. The van der Waals surface area contributed by atoms with Crippen LogP contribution >= 0.6 is 12.2 Å². The van der Waals surface area contributed by atoms with Crippen LogP contribution in [0, 0.1) is 5.82 Å². The third-order valence-corrected chi connectivity index (χ3v) is 3.82. The van der Waals surface area contributed by atoms with Gasteiger partial charge in [-0.3, -0.25) is 5.43 Å². The molecule has 3 aromatic rings. The Balaban J connectivity index is 1.56. The lowest BCUT2D eigenvalue weighted by Crippen LogP contribution is -2.23. The van der Waals surface area contributed by atoms with Crippen molar-refractivity contribution in [3.8, 4) is 5.75 Å². The Kier molecular flexibility index (Phi) is 6.49. The highest BCUT2D eigenvalue weighted by Crippen LogP contribution is 2.17. The molecule has 0 saturated heterocycles. The number of ether oxygens (including phenoxy) is 1. The maximum atomic E-state index is 12.9. The Morgan fingerprint density at radius 1 is 0.963 bits per heavy atom. The summed E-state index contributed by atoms with van der Waals surface area (Å²) in [7, 11) is 0. The van der Waals surface area contributed by atoms with Crippen molar-refractivity contribution in [2.75, 3.05) is 5.32 Å². The molecule has 27 heavy (non-hydrogen) atoms. The van der Waals surface area contributed by atoms with Gasteiger partial charge in [-0.25, -0.2) is 4.39 Å². The molecule has 0 radical (unpaired) electrons. The molecule has 0 bridgehead atoms. The first-order valence-electron chi connectivity index (χ1n) is 8.32. The van der Waals surface area contributed by atoms with Crippen molar-refractivity contribution in [1.82, 2.24) is 5.43 Å². The maximum absolute atomic E-state index is 12.9. The lowest BCUT2D eigenvalue weighted by Gasteiger charge is -2.09. The van der Waals surface area contributed by atoms with E-state index in [-0.39, 0.29) is 5.82 Å². The van der Waals surface area contributed by atoms with Crippen LogP contribution in [0.1, 0.15) is 11.1 Å². The van der Waals surface area contributed by atoms with Gasteiger partial charge in [-0.15, -0.1) is 0 Å². The molecule has 0 amide bonds. The van der Waals surface area contributed by atoms with Crippen molar-refractivity contribution in [3.63, 3.8) is 0 Å². The molecule has 3 rings (SSSR count). The van der Waals surface area contributed by atoms with Crippen LogP contribution in [0.3, 0.4) is 0 Å². The molecule has 0 atom stereocenters. The van der Waals surface area contributed by atoms with Gasteiger partial charge in [-0.2, -0.15) is 5.10 Å². The summed E-state index contributed by atoms with van der Waals surface area (Å²) in [5, 5.41) is 7.37. The molecular weight excluding hydrogens is 361 g/mol. The molecule has 0 aromatic heterocycles. The predicted octanol–water partition coefficient (Wildman–Crippen LogP) is 4.73. The predicted molar refractivity (Wildman–Crippen MR) is 111 cm³/mol. The van der Waals surface area contributed by atoms with Crippen LogP contribution < -0.4 is 15.5 Å². The lowest BCUT2D eigenvalue weighted by molar-refractivity contribution is 0.306. The highest BCUT2D eigenvalue weighted by molar-refractivity contribution is 7.80. The minimum absolute atomic E-state index is 0.301. The molecule has 4 nitrogen and oxygen atoms in total. The summed E-state index contributed by atoms with van der Waals surface area (Å²) >= 11 is 5.17. The molecule has 3 aromatic carbocycles. The van der Waals surface area contributed by atoms with Crippen molar-refractivity contribution in [1.29, 1.82) is 0 Å². The van der Waals surface area contributed by atoms with Gasteiger partial charge in [0.2, 0.25) is 0 Å². The fourth-order valence-corrected chi connectivity index (χ4v) is 2.48. The lowest BCUT2D eigenvalue weighted by atomic mass is 10.2. The number of hydrazone groups is 1. The molecular formula is C21H18FN3OS. The van der Waals surface area contributed by atoms with E-state index >= 15 is 0 Å². The number of halogens is 1. The quantitative estimate of drug-likeness (QED) is 0.369. The monoisotopic (exact) mass is 379 g/mol. The number of para-hydroxylation sites is 1. The normalized spacial score (nSPS) is 10.6. The summed E-state index contributed by atoms with van der Waals surface area (Å²) in [5.74, 6) is 0.425. The summed E-state index contributed by atoms with van der Waals surface area (Å²) < 4.78 is 18.8. The van der Waals surface area contributed by atoms with Crippen molar-refractivity contribution >= 4 is 29.2 Å². The Bertz CT molecular complexity index is 914. The molecule has 0 aliphatic carbocycles. The van der Waals surface area contributed by atoms with E-state index in [4.69, 9.17) is 17.0 Å². The second-order valence-electron chi connectivity index (χ2n) is 5.64. The Labute approximate surface area is 162 Å². The van der Waals surface area contributed by atoms with Gasteiger partial charge >= 0.3 is 0 Å². The van der Waals surface area contributed by atoms with E-state index in [1.807, 2.05) is 54.6 Å². The third-order valence-electron chi connectivity index (χ3n) is 3.63. The topological polar surface area (TPSA) is 45.7 Å². The molecule has 0 spiro atoms. The first kappa shape index (κ1) is 18.5. The number of anilines is 1. The van der Waals surface area contributed by atoms with E-state index in [2.05, 4.69) is 15.8 Å². The molecule has 136 valence electrons. The summed E-state index contributed by atoms with van der Waals surface area (Å²) in [5.41, 5.74) is 5.33. The van der Waals surface area contributed by atoms with Crippen molar-refractivity contribution in [3.05, 3.63) is 95.8 Å². The zero-order valence-corrected chi connectivity index (χ0v) is 15.2. The Hall–Kier alpha value is -3.25. The first-order valence-corrected chi connectivity index (χ1v) is 8.73. The number of hydrogen-bond donors (Lipinski definition) is 2. The number of hydrogen-bond acceptors (Lipinski definition) is 3. The van der Waals surface area contributed by atoms with Crippen LogP contribution in [0.4, 0.5) is 10.1 Å². The average Bonchev–Trinajstić information content (AvgIpc) is 2.70. The van der Waals surface area contributed by atoms with Gasteiger partial charge in [-0.05, 0) is 54.2 Å². The number of thiocarbonyl (C=S) groups is 1. The average molecular weight is 379 g/mol. The summed E-state index contributed by atoms with van der Waals surface area (Å²) in [6.45, 7) is 0.476. The highest BCUT2D eigenvalue weighted by atomic mass is 32.1. The van der Waals surface area contributed by atoms with Crippen LogP contribution in [-0.2, 0) is 6.61 Å². The van der Waals surface area contributed by atoms with Gasteiger partial charge in [0.05, 0.1) is 6.21 Å². The van der Waals surface area contributed by atoms with Gasteiger partial charge in [0.15, 0.2) is 5.11 Å². The molecule has 0 aliphatic heterocycles. The minimum Gasteiger partial charge on any atom is -0.488 e. The van der Waals surface area contributed by atoms with E-state index in [0.29, 0.717) is 17.4 Å². The van der Waals surface area contributed by atoms with Crippen LogP contribution in [0.15, 0.2) is 84.0 Å².